The Hall–Kier alpha value is -1.40. The Morgan fingerprint density at radius 3 is 2.44 bits per heavy atom. The summed E-state index contributed by atoms with van der Waals surface area (Å²) in [7, 11) is -3.64. The minimum absolute atomic E-state index is 0.0120. The highest BCUT2D eigenvalue weighted by molar-refractivity contribution is 7.89. The van der Waals surface area contributed by atoms with Crippen LogP contribution in [0.1, 0.15) is 31.1 Å². The summed E-state index contributed by atoms with van der Waals surface area (Å²) in [6.45, 7) is 5.65. The van der Waals surface area contributed by atoms with E-state index in [1.165, 1.54) is 28.6 Å². The second-order valence-electron chi connectivity index (χ2n) is 4.14. The number of carboxylic acids is 1. The van der Waals surface area contributed by atoms with Crippen LogP contribution in [0.25, 0.3) is 0 Å². The fourth-order valence-electron chi connectivity index (χ4n) is 1.74. The molecule has 0 aromatic heterocycles. The number of rotatable bonds is 5. The van der Waals surface area contributed by atoms with Gasteiger partial charge in [-0.1, -0.05) is 13.0 Å². The molecule has 1 aromatic carbocycles. The summed E-state index contributed by atoms with van der Waals surface area (Å²) in [6, 6.07) is 5.22. The summed E-state index contributed by atoms with van der Waals surface area (Å²) in [5.74, 6) is -1.14. The van der Waals surface area contributed by atoms with Crippen molar-refractivity contribution in [2.75, 3.05) is 6.54 Å². The van der Waals surface area contributed by atoms with Crippen LogP contribution in [0.15, 0.2) is 29.2 Å². The number of nitrogens with zero attached hydrogens (tertiary/aromatic N) is 1. The maximum atomic E-state index is 12.3. The van der Waals surface area contributed by atoms with E-state index in [9.17, 15) is 13.2 Å². The predicted octanol–water partition coefficient (Wildman–Crippen LogP) is 1.80. The number of hydrogen-bond donors (Lipinski definition) is 1. The Balaban J connectivity index is 3.28. The Kier molecular flexibility index (Phi) is 4.48. The van der Waals surface area contributed by atoms with E-state index in [-0.39, 0.29) is 16.5 Å². The molecule has 100 valence electrons. The zero-order valence-electron chi connectivity index (χ0n) is 10.6. The van der Waals surface area contributed by atoms with Gasteiger partial charge in [0.15, 0.2) is 0 Å². The lowest BCUT2D eigenvalue weighted by atomic mass is 10.2. The molecule has 5 nitrogen and oxygen atoms in total. The van der Waals surface area contributed by atoms with Crippen molar-refractivity contribution in [2.24, 2.45) is 0 Å². The topological polar surface area (TPSA) is 74.7 Å². The number of carboxylic acid groups (broad SMARTS) is 1. The summed E-state index contributed by atoms with van der Waals surface area (Å²) in [5.41, 5.74) is -0.0316. The fraction of sp³-hybridized carbons (Fsp3) is 0.417. The first-order valence-electron chi connectivity index (χ1n) is 5.66. The average molecular weight is 271 g/mol. The molecule has 0 unspecified atom stereocenters. The molecule has 0 spiro atoms. The van der Waals surface area contributed by atoms with Crippen LogP contribution < -0.4 is 0 Å². The Bertz CT molecular complexity index is 537. The van der Waals surface area contributed by atoms with Gasteiger partial charge in [0.2, 0.25) is 10.0 Å². The molecular weight excluding hydrogens is 254 g/mol. The van der Waals surface area contributed by atoms with Gasteiger partial charge >= 0.3 is 5.97 Å². The third kappa shape index (κ3) is 2.88. The Labute approximate surface area is 107 Å². The van der Waals surface area contributed by atoms with Crippen LogP contribution in [-0.4, -0.2) is 36.4 Å². The highest BCUT2D eigenvalue weighted by atomic mass is 32.2. The highest BCUT2D eigenvalue weighted by Gasteiger charge is 2.25. The molecule has 0 saturated carbocycles. The first-order valence-corrected chi connectivity index (χ1v) is 7.10. The van der Waals surface area contributed by atoms with Crippen LogP contribution in [-0.2, 0) is 10.0 Å². The minimum atomic E-state index is -3.64. The van der Waals surface area contributed by atoms with Gasteiger partial charge in [-0.3, -0.25) is 0 Å². The van der Waals surface area contributed by atoms with Crippen molar-refractivity contribution < 1.29 is 18.3 Å². The van der Waals surface area contributed by atoms with Gasteiger partial charge in [0, 0.05) is 12.6 Å². The molecule has 0 atom stereocenters. The van der Waals surface area contributed by atoms with E-state index >= 15 is 0 Å². The van der Waals surface area contributed by atoms with E-state index in [2.05, 4.69) is 0 Å². The number of benzene rings is 1. The summed E-state index contributed by atoms with van der Waals surface area (Å²) in [4.78, 5) is 10.9. The number of carbonyl (C=O) groups is 1. The lowest BCUT2D eigenvalue weighted by Gasteiger charge is -2.24. The van der Waals surface area contributed by atoms with Crippen LogP contribution >= 0.6 is 0 Å². The summed E-state index contributed by atoms with van der Waals surface area (Å²) >= 11 is 0. The average Bonchev–Trinajstić information content (AvgIpc) is 2.29. The van der Waals surface area contributed by atoms with Crippen LogP contribution in [0, 0.1) is 0 Å². The molecular formula is C12H17NO4S. The molecule has 1 N–H and O–H groups in total. The van der Waals surface area contributed by atoms with E-state index < -0.39 is 16.0 Å². The second-order valence-corrected chi connectivity index (χ2v) is 6.03. The van der Waals surface area contributed by atoms with E-state index in [0.717, 1.165) is 0 Å². The van der Waals surface area contributed by atoms with Gasteiger partial charge in [-0.25, -0.2) is 13.2 Å². The zero-order chi connectivity index (χ0) is 13.9. The lowest BCUT2D eigenvalue weighted by Crippen LogP contribution is -2.36. The van der Waals surface area contributed by atoms with Gasteiger partial charge in [0.05, 0.1) is 10.5 Å². The van der Waals surface area contributed by atoms with E-state index in [4.69, 9.17) is 5.11 Å². The molecule has 6 heteroatoms. The molecule has 0 aliphatic carbocycles. The van der Waals surface area contributed by atoms with Crippen molar-refractivity contribution in [3.63, 3.8) is 0 Å². The summed E-state index contributed by atoms with van der Waals surface area (Å²) in [5, 5.41) is 8.87. The molecule has 0 aliphatic heterocycles. The van der Waals surface area contributed by atoms with Crippen LogP contribution in [0.2, 0.25) is 0 Å². The molecule has 0 bridgehead atoms. The number of aromatic carboxylic acids is 1. The first-order chi connectivity index (χ1) is 8.30. The molecule has 18 heavy (non-hydrogen) atoms. The first kappa shape index (κ1) is 14.7. The highest BCUT2D eigenvalue weighted by Crippen LogP contribution is 2.19. The molecule has 1 aromatic rings. The third-order valence-corrected chi connectivity index (χ3v) is 4.72. The molecule has 0 heterocycles. The molecule has 0 radical (unpaired) electrons. The van der Waals surface area contributed by atoms with Crippen LogP contribution in [0.4, 0.5) is 0 Å². The maximum absolute atomic E-state index is 12.3. The van der Waals surface area contributed by atoms with Crippen molar-refractivity contribution in [3.8, 4) is 0 Å². The third-order valence-electron chi connectivity index (χ3n) is 2.58. The van der Waals surface area contributed by atoms with Gasteiger partial charge in [0.25, 0.3) is 0 Å². The van der Waals surface area contributed by atoms with E-state index in [1.807, 2.05) is 0 Å². The minimum Gasteiger partial charge on any atom is -0.478 e. The largest absolute Gasteiger partial charge is 0.478 e. The van der Waals surface area contributed by atoms with Crippen LogP contribution in [0.3, 0.4) is 0 Å². The van der Waals surface area contributed by atoms with Crippen molar-refractivity contribution >= 4 is 16.0 Å². The molecule has 1 rings (SSSR count). The van der Waals surface area contributed by atoms with Gasteiger partial charge in [-0.2, -0.15) is 4.31 Å². The van der Waals surface area contributed by atoms with Crippen molar-refractivity contribution in [3.05, 3.63) is 29.8 Å². The smallest absolute Gasteiger partial charge is 0.335 e. The Morgan fingerprint density at radius 1 is 1.39 bits per heavy atom. The van der Waals surface area contributed by atoms with Crippen molar-refractivity contribution in [2.45, 2.75) is 31.7 Å². The molecule has 0 amide bonds. The maximum Gasteiger partial charge on any atom is 0.335 e. The summed E-state index contributed by atoms with van der Waals surface area (Å²) in [6.07, 6.45) is 0. The standard InChI is InChI=1S/C12H17NO4S/c1-4-13(9(2)3)18(16,17)11-7-5-6-10(8-11)12(14)15/h5-9H,4H2,1-3H3,(H,14,15). The molecule has 0 aliphatic rings. The normalized spacial score (nSPS) is 12.1. The number of hydrogen-bond acceptors (Lipinski definition) is 3. The van der Waals surface area contributed by atoms with E-state index in [0.29, 0.717) is 6.54 Å². The van der Waals surface area contributed by atoms with Gasteiger partial charge in [-0.15, -0.1) is 0 Å². The molecule has 0 fully saturated rings. The van der Waals surface area contributed by atoms with Crippen molar-refractivity contribution in [1.29, 1.82) is 0 Å². The lowest BCUT2D eigenvalue weighted by molar-refractivity contribution is 0.0696. The van der Waals surface area contributed by atoms with Gasteiger partial charge in [-0.05, 0) is 32.0 Å². The zero-order valence-corrected chi connectivity index (χ0v) is 11.4. The van der Waals surface area contributed by atoms with Crippen molar-refractivity contribution in [1.82, 2.24) is 4.31 Å². The van der Waals surface area contributed by atoms with Gasteiger partial charge < -0.3 is 5.11 Å². The van der Waals surface area contributed by atoms with Gasteiger partial charge in [0.1, 0.15) is 0 Å². The quantitative estimate of drug-likeness (QED) is 0.886. The SMILES string of the molecule is CCN(C(C)C)S(=O)(=O)c1cccc(C(=O)O)c1. The molecule has 0 saturated heterocycles. The van der Waals surface area contributed by atoms with Crippen LogP contribution in [0.5, 0.6) is 0 Å². The summed E-state index contributed by atoms with van der Waals surface area (Å²) < 4.78 is 26.0. The fourth-order valence-corrected chi connectivity index (χ4v) is 3.43. The monoisotopic (exact) mass is 271 g/mol. The predicted molar refractivity (Wildman–Crippen MR) is 68.1 cm³/mol. The second kappa shape index (κ2) is 5.49. The Morgan fingerprint density at radius 2 is 2.00 bits per heavy atom. The van der Waals surface area contributed by atoms with E-state index in [1.54, 1.807) is 20.8 Å². The number of sulfonamides is 1.